The lowest BCUT2D eigenvalue weighted by atomic mass is 10.1. The lowest BCUT2D eigenvalue weighted by Gasteiger charge is -2.25. The summed E-state index contributed by atoms with van der Waals surface area (Å²) in [6, 6.07) is 0.324. The number of nitrogens with one attached hydrogen (secondary N) is 1. The normalized spacial score (nSPS) is 18.5. The van der Waals surface area contributed by atoms with Crippen molar-refractivity contribution in [3.05, 3.63) is 11.1 Å². The van der Waals surface area contributed by atoms with Crippen LogP contribution in [-0.4, -0.2) is 44.2 Å². The van der Waals surface area contributed by atoms with Gasteiger partial charge < -0.3 is 4.90 Å². The molecule has 1 saturated carbocycles. The number of thiazole rings is 1. The Morgan fingerprint density at radius 1 is 1.27 bits per heavy atom. The zero-order valence-corrected chi connectivity index (χ0v) is 12.9. The number of nitrogens with zero attached hydrogens (tertiary/aromatic N) is 6. The molecule has 2 aromatic rings. The number of rotatable bonds is 4. The van der Waals surface area contributed by atoms with Crippen LogP contribution in [0.25, 0.3) is 0 Å². The minimum atomic E-state index is -0.254. The van der Waals surface area contributed by atoms with E-state index < -0.39 is 0 Å². The van der Waals surface area contributed by atoms with E-state index in [1.54, 1.807) is 10.1 Å². The van der Waals surface area contributed by atoms with Gasteiger partial charge in [-0.2, -0.15) is 0 Å². The van der Waals surface area contributed by atoms with E-state index in [2.05, 4.69) is 30.7 Å². The first-order valence-electron chi connectivity index (χ1n) is 7.61. The van der Waals surface area contributed by atoms with Crippen molar-refractivity contribution < 1.29 is 4.79 Å². The van der Waals surface area contributed by atoms with E-state index in [1.807, 2.05) is 0 Å². The van der Waals surface area contributed by atoms with Gasteiger partial charge in [-0.25, -0.2) is 9.67 Å². The highest BCUT2D eigenvalue weighted by atomic mass is 32.1. The zero-order valence-electron chi connectivity index (χ0n) is 12.1. The van der Waals surface area contributed by atoms with E-state index >= 15 is 0 Å². The molecule has 3 heterocycles. The minimum Gasteiger partial charge on any atom is -0.348 e. The molecule has 2 aliphatic rings. The summed E-state index contributed by atoms with van der Waals surface area (Å²) in [5, 5.41) is 16.9. The number of carbonyl (C=O) groups excluding carboxylic acids is 1. The fourth-order valence-electron chi connectivity index (χ4n) is 2.61. The van der Waals surface area contributed by atoms with E-state index in [1.165, 1.54) is 30.6 Å². The second kappa shape index (κ2) is 5.64. The van der Waals surface area contributed by atoms with Gasteiger partial charge in [0.2, 0.25) is 5.95 Å². The lowest BCUT2D eigenvalue weighted by Crippen LogP contribution is -2.29. The van der Waals surface area contributed by atoms with E-state index in [0.717, 1.165) is 31.1 Å². The summed E-state index contributed by atoms with van der Waals surface area (Å²) >= 11 is 1.52. The molecule has 2 aromatic heterocycles. The third kappa shape index (κ3) is 2.68. The Hall–Kier alpha value is -2.03. The number of carbonyl (C=O) groups is 1. The van der Waals surface area contributed by atoms with Gasteiger partial charge in [-0.15, -0.1) is 11.3 Å². The fourth-order valence-corrected chi connectivity index (χ4v) is 3.47. The minimum absolute atomic E-state index is 0.254. The SMILES string of the molecule is O=C(Nc1nnnn1C1CC1)c1csc(N2CCCCC2)n1. The number of aromatic nitrogens is 5. The highest BCUT2D eigenvalue weighted by Crippen LogP contribution is 2.35. The largest absolute Gasteiger partial charge is 0.348 e. The second-order valence-electron chi connectivity index (χ2n) is 5.70. The van der Waals surface area contributed by atoms with Crippen LogP contribution >= 0.6 is 11.3 Å². The first kappa shape index (κ1) is 13.6. The molecule has 0 radical (unpaired) electrons. The molecule has 2 fully saturated rings. The molecule has 4 rings (SSSR count). The summed E-state index contributed by atoms with van der Waals surface area (Å²) in [6.07, 6.45) is 5.78. The van der Waals surface area contributed by atoms with Gasteiger partial charge in [0.05, 0.1) is 6.04 Å². The Bertz CT molecular complexity index is 671. The molecule has 0 atom stereocenters. The maximum absolute atomic E-state index is 12.3. The van der Waals surface area contributed by atoms with Gasteiger partial charge in [0.15, 0.2) is 5.13 Å². The number of hydrogen-bond acceptors (Lipinski definition) is 7. The monoisotopic (exact) mass is 319 g/mol. The molecule has 116 valence electrons. The Morgan fingerprint density at radius 2 is 2.09 bits per heavy atom. The maximum Gasteiger partial charge on any atom is 0.277 e. The van der Waals surface area contributed by atoms with Crippen molar-refractivity contribution in [2.45, 2.75) is 38.1 Å². The van der Waals surface area contributed by atoms with E-state index in [4.69, 9.17) is 0 Å². The fraction of sp³-hybridized carbons (Fsp3) is 0.615. The van der Waals surface area contributed by atoms with Gasteiger partial charge in [-0.05, 0) is 42.5 Å². The van der Waals surface area contributed by atoms with Crippen LogP contribution in [0.1, 0.15) is 48.6 Å². The van der Waals surface area contributed by atoms with Crippen LogP contribution in [0.5, 0.6) is 0 Å². The summed E-state index contributed by atoms with van der Waals surface area (Å²) in [4.78, 5) is 19.0. The molecule has 0 bridgehead atoms. The average Bonchev–Trinajstić information content (AvgIpc) is 3.09. The Kier molecular flexibility index (Phi) is 3.49. The molecule has 8 nitrogen and oxygen atoms in total. The van der Waals surface area contributed by atoms with Crippen molar-refractivity contribution in [3.63, 3.8) is 0 Å². The summed E-state index contributed by atoms with van der Waals surface area (Å²) < 4.78 is 1.68. The van der Waals surface area contributed by atoms with Gasteiger partial charge in [0.25, 0.3) is 5.91 Å². The van der Waals surface area contributed by atoms with Crippen molar-refractivity contribution in [1.29, 1.82) is 0 Å². The predicted molar refractivity (Wildman–Crippen MR) is 82.2 cm³/mol. The molecule has 0 unspecified atom stereocenters. The average molecular weight is 319 g/mol. The zero-order chi connectivity index (χ0) is 14.9. The van der Waals surface area contributed by atoms with Gasteiger partial charge >= 0.3 is 0 Å². The molecule has 0 spiro atoms. The summed E-state index contributed by atoms with van der Waals surface area (Å²) in [5.74, 6) is 0.149. The smallest absolute Gasteiger partial charge is 0.277 e. The molecular formula is C13H17N7OS. The van der Waals surface area contributed by atoms with Gasteiger partial charge in [-0.1, -0.05) is 5.10 Å². The standard InChI is InChI=1S/C13H17N7OS/c21-11(15-12-16-17-18-20(12)9-4-5-9)10-8-22-13(14-10)19-6-2-1-3-7-19/h8-9H,1-7H2,(H,15,16,18,21). The highest BCUT2D eigenvalue weighted by molar-refractivity contribution is 7.14. The number of tetrazole rings is 1. The molecule has 22 heavy (non-hydrogen) atoms. The van der Waals surface area contributed by atoms with Crippen LogP contribution in [0.3, 0.4) is 0 Å². The molecule has 1 aliphatic carbocycles. The number of amides is 1. The first-order chi connectivity index (χ1) is 10.8. The number of anilines is 2. The van der Waals surface area contributed by atoms with E-state index in [0.29, 0.717) is 17.7 Å². The van der Waals surface area contributed by atoms with Crippen molar-refractivity contribution >= 4 is 28.3 Å². The summed E-state index contributed by atoms with van der Waals surface area (Å²) in [6.45, 7) is 2.04. The molecule has 9 heteroatoms. The van der Waals surface area contributed by atoms with E-state index in [-0.39, 0.29) is 5.91 Å². The van der Waals surface area contributed by atoms with Crippen LogP contribution in [0.15, 0.2) is 5.38 Å². The lowest BCUT2D eigenvalue weighted by molar-refractivity contribution is 0.102. The highest BCUT2D eigenvalue weighted by Gasteiger charge is 2.28. The quantitative estimate of drug-likeness (QED) is 0.923. The number of piperidine rings is 1. The Balaban J connectivity index is 1.46. The summed E-state index contributed by atoms with van der Waals surface area (Å²) in [7, 11) is 0. The molecule has 1 aliphatic heterocycles. The van der Waals surface area contributed by atoms with Crippen molar-refractivity contribution in [1.82, 2.24) is 25.2 Å². The van der Waals surface area contributed by atoms with Crippen LogP contribution in [0.4, 0.5) is 11.1 Å². The second-order valence-corrected chi connectivity index (χ2v) is 6.53. The summed E-state index contributed by atoms with van der Waals surface area (Å²) in [5.41, 5.74) is 0.427. The maximum atomic E-state index is 12.3. The molecule has 0 aromatic carbocycles. The Labute approximate surface area is 131 Å². The van der Waals surface area contributed by atoms with Gasteiger partial charge in [0.1, 0.15) is 5.69 Å². The third-order valence-corrected chi connectivity index (χ3v) is 4.86. The van der Waals surface area contributed by atoms with Crippen LogP contribution < -0.4 is 10.2 Å². The third-order valence-electron chi connectivity index (χ3n) is 3.96. The molecule has 1 amide bonds. The number of hydrogen-bond donors (Lipinski definition) is 1. The van der Waals surface area contributed by atoms with E-state index in [9.17, 15) is 4.79 Å². The molecule has 1 saturated heterocycles. The van der Waals surface area contributed by atoms with Crippen LogP contribution in [0.2, 0.25) is 0 Å². The Morgan fingerprint density at radius 3 is 2.86 bits per heavy atom. The molecule has 1 N–H and O–H groups in total. The molecular weight excluding hydrogens is 302 g/mol. The predicted octanol–water partition coefficient (Wildman–Crippen LogP) is 1.71. The topological polar surface area (TPSA) is 88.8 Å². The van der Waals surface area contributed by atoms with Crippen LogP contribution in [-0.2, 0) is 0 Å². The van der Waals surface area contributed by atoms with Crippen molar-refractivity contribution in [2.75, 3.05) is 23.3 Å². The first-order valence-corrected chi connectivity index (χ1v) is 8.49. The van der Waals surface area contributed by atoms with Crippen molar-refractivity contribution in [3.8, 4) is 0 Å². The van der Waals surface area contributed by atoms with Crippen LogP contribution in [0, 0.1) is 0 Å². The van der Waals surface area contributed by atoms with Crippen molar-refractivity contribution in [2.24, 2.45) is 0 Å². The van der Waals surface area contributed by atoms with Gasteiger partial charge in [0, 0.05) is 18.5 Å². The van der Waals surface area contributed by atoms with Gasteiger partial charge in [-0.3, -0.25) is 10.1 Å².